The topological polar surface area (TPSA) is 100 Å². The largest absolute Gasteiger partial charge is 0.494 e. The monoisotopic (exact) mass is 395 g/mol. The fourth-order valence-electron chi connectivity index (χ4n) is 3.48. The number of hydrogen-bond donors (Lipinski definition) is 3. The average molecular weight is 395 g/mol. The molecule has 9 heteroatoms. The second-order valence-electron chi connectivity index (χ2n) is 7.13. The first-order chi connectivity index (χ1) is 14.0. The molecular weight excluding hydrogens is 370 g/mol. The Labute approximate surface area is 169 Å². The second kappa shape index (κ2) is 7.59. The van der Waals surface area contributed by atoms with Crippen LogP contribution in [0.1, 0.15) is 17.0 Å². The van der Waals surface area contributed by atoms with E-state index in [0.717, 1.165) is 41.4 Å². The summed E-state index contributed by atoms with van der Waals surface area (Å²) in [5, 5.41) is 21.7. The van der Waals surface area contributed by atoms with E-state index in [1.165, 1.54) is 0 Å². The van der Waals surface area contributed by atoms with Gasteiger partial charge in [-0.3, -0.25) is 0 Å². The number of aromatic hydroxyl groups is 1. The number of nitrogens with zero attached hydrogens (tertiary/aromatic N) is 5. The highest BCUT2D eigenvalue weighted by Gasteiger charge is 2.24. The van der Waals surface area contributed by atoms with E-state index in [2.05, 4.69) is 30.6 Å². The van der Waals surface area contributed by atoms with Crippen LogP contribution in [-0.2, 0) is 13.0 Å². The third kappa shape index (κ3) is 3.68. The molecular formula is C20H25N7O2. The Kier molecular flexibility index (Phi) is 4.98. The summed E-state index contributed by atoms with van der Waals surface area (Å²) in [7, 11) is 5.45. The van der Waals surface area contributed by atoms with Crippen molar-refractivity contribution in [1.82, 2.24) is 24.6 Å². The summed E-state index contributed by atoms with van der Waals surface area (Å²) in [6.07, 6.45) is 0.802. The maximum Gasteiger partial charge on any atom is 0.229 e. The van der Waals surface area contributed by atoms with Crippen LogP contribution >= 0.6 is 0 Å². The van der Waals surface area contributed by atoms with Gasteiger partial charge >= 0.3 is 0 Å². The van der Waals surface area contributed by atoms with Gasteiger partial charge in [-0.05, 0) is 32.2 Å². The maximum absolute atomic E-state index is 10.8. The molecule has 3 heterocycles. The van der Waals surface area contributed by atoms with E-state index in [4.69, 9.17) is 4.74 Å². The van der Waals surface area contributed by atoms with Crippen molar-refractivity contribution in [2.24, 2.45) is 0 Å². The molecule has 0 bridgehead atoms. The van der Waals surface area contributed by atoms with Crippen molar-refractivity contribution in [1.29, 1.82) is 0 Å². The molecule has 0 fully saturated rings. The van der Waals surface area contributed by atoms with Gasteiger partial charge in [0.05, 0.1) is 18.4 Å². The third-order valence-corrected chi connectivity index (χ3v) is 4.97. The molecule has 0 unspecified atom stereocenters. The number of likely N-dealkylation sites (N-methyl/N-ethyl adjacent to an activating group) is 1. The lowest BCUT2D eigenvalue weighted by molar-refractivity contribution is 0.304. The predicted molar refractivity (Wildman–Crippen MR) is 111 cm³/mol. The summed E-state index contributed by atoms with van der Waals surface area (Å²) < 4.78 is 7.06. The summed E-state index contributed by atoms with van der Waals surface area (Å²) in [5.41, 5.74) is 4.04. The minimum Gasteiger partial charge on any atom is -0.494 e. The Morgan fingerprint density at radius 1 is 1.21 bits per heavy atom. The number of ether oxygens (including phenoxy) is 1. The average Bonchev–Trinajstić information content (AvgIpc) is 3.03. The van der Waals surface area contributed by atoms with Crippen LogP contribution in [0.15, 0.2) is 24.3 Å². The van der Waals surface area contributed by atoms with E-state index in [9.17, 15) is 5.11 Å². The molecule has 1 aliphatic heterocycles. The highest BCUT2D eigenvalue weighted by Crippen LogP contribution is 2.34. The number of anilines is 3. The molecule has 0 saturated carbocycles. The molecule has 0 saturated heterocycles. The second-order valence-corrected chi connectivity index (χ2v) is 7.13. The predicted octanol–water partition coefficient (Wildman–Crippen LogP) is 2.46. The molecule has 1 aromatic carbocycles. The Morgan fingerprint density at radius 3 is 2.79 bits per heavy atom. The zero-order valence-corrected chi connectivity index (χ0v) is 17.0. The fraction of sp³-hybridized carbons (Fsp3) is 0.350. The van der Waals surface area contributed by atoms with Gasteiger partial charge in [-0.2, -0.15) is 14.8 Å². The van der Waals surface area contributed by atoms with Crippen molar-refractivity contribution in [3.05, 3.63) is 41.2 Å². The molecule has 4 rings (SSSR count). The molecule has 2 aromatic heterocycles. The number of benzene rings is 1. The number of fused-ring (bicyclic) bond motifs is 1. The number of hydrogen-bond acceptors (Lipinski definition) is 8. The van der Waals surface area contributed by atoms with Crippen molar-refractivity contribution in [2.45, 2.75) is 19.9 Å². The quantitative estimate of drug-likeness (QED) is 0.606. The Morgan fingerprint density at radius 2 is 2.03 bits per heavy atom. The maximum atomic E-state index is 10.8. The van der Waals surface area contributed by atoms with Crippen LogP contribution in [0.3, 0.4) is 0 Å². The van der Waals surface area contributed by atoms with E-state index in [0.29, 0.717) is 23.9 Å². The van der Waals surface area contributed by atoms with Crippen molar-refractivity contribution in [2.75, 3.05) is 38.4 Å². The van der Waals surface area contributed by atoms with Gasteiger partial charge in [-0.25, -0.2) is 4.98 Å². The fourth-order valence-corrected chi connectivity index (χ4v) is 3.48. The smallest absolute Gasteiger partial charge is 0.229 e. The molecule has 3 aromatic rings. The summed E-state index contributed by atoms with van der Waals surface area (Å²) in [6, 6.07) is 7.44. The van der Waals surface area contributed by atoms with Crippen LogP contribution in [0.4, 0.5) is 17.5 Å². The van der Waals surface area contributed by atoms with Gasteiger partial charge < -0.3 is 25.4 Å². The summed E-state index contributed by atoms with van der Waals surface area (Å²) in [4.78, 5) is 11.0. The van der Waals surface area contributed by atoms with Crippen LogP contribution in [0, 0.1) is 6.92 Å². The Balaban J connectivity index is 1.73. The minimum atomic E-state index is 0.145. The molecule has 0 atom stereocenters. The van der Waals surface area contributed by atoms with Crippen LogP contribution in [-0.4, -0.2) is 57.5 Å². The number of rotatable bonds is 5. The highest BCUT2D eigenvalue weighted by atomic mass is 16.5. The molecule has 9 nitrogen and oxygen atoms in total. The van der Waals surface area contributed by atoms with Crippen LogP contribution < -0.4 is 15.4 Å². The van der Waals surface area contributed by atoms with Gasteiger partial charge in [0.25, 0.3) is 0 Å². The molecule has 0 amide bonds. The molecule has 0 spiro atoms. The third-order valence-electron chi connectivity index (χ3n) is 4.97. The SMILES string of the molecule is CNc1cc(C)nc(Nc2ccc(OC)c(-n3nc4c(c3O)CN(C)CC4)c2)n1. The zero-order valence-electron chi connectivity index (χ0n) is 17.0. The Hall–Kier alpha value is -3.33. The van der Waals surface area contributed by atoms with Crippen molar-refractivity contribution < 1.29 is 9.84 Å². The van der Waals surface area contributed by atoms with E-state index >= 15 is 0 Å². The Bertz CT molecular complexity index is 1050. The number of methoxy groups -OCH3 is 1. The van der Waals surface area contributed by atoms with E-state index < -0.39 is 0 Å². The standard InChI is InChI=1S/C20H25N7O2/c1-12-9-18(21-2)24-20(22-12)23-13-5-6-17(29-4)16(10-13)27-19(28)14-11-26(3)8-7-15(14)25-27/h5-6,9-10,28H,7-8,11H2,1-4H3,(H2,21,22,23,24). The number of aryl methyl sites for hydroxylation is 1. The molecule has 1 aliphatic rings. The lowest BCUT2D eigenvalue weighted by Crippen LogP contribution is -2.25. The first-order valence-electron chi connectivity index (χ1n) is 9.45. The van der Waals surface area contributed by atoms with Crippen LogP contribution in [0.2, 0.25) is 0 Å². The summed E-state index contributed by atoms with van der Waals surface area (Å²) >= 11 is 0. The lowest BCUT2D eigenvalue weighted by Gasteiger charge is -2.20. The normalized spacial score (nSPS) is 13.8. The van der Waals surface area contributed by atoms with Gasteiger partial charge in [-0.1, -0.05) is 0 Å². The zero-order chi connectivity index (χ0) is 20.5. The molecule has 0 radical (unpaired) electrons. The molecule has 0 aliphatic carbocycles. The number of nitrogens with one attached hydrogen (secondary N) is 2. The van der Waals surface area contributed by atoms with Crippen LogP contribution in [0.25, 0.3) is 5.69 Å². The summed E-state index contributed by atoms with van der Waals surface area (Å²) in [5.74, 6) is 1.97. The van der Waals surface area contributed by atoms with E-state index in [1.54, 1.807) is 11.8 Å². The van der Waals surface area contributed by atoms with Crippen molar-refractivity contribution in [3.8, 4) is 17.3 Å². The van der Waals surface area contributed by atoms with E-state index in [-0.39, 0.29) is 5.88 Å². The first-order valence-corrected chi connectivity index (χ1v) is 9.45. The van der Waals surface area contributed by atoms with Gasteiger partial charge in [0.15, 0.2) is 0 Å². The molecule has 29 heavy (non-hydrogen) atoms. The van der Waals surface area contributed by atoms with E-state index in [1.807, 2.05) is 45.3 Å². The van der Waals surface area contributed by atoms with Gasteiger partial charge in [0.2, 0.25) is 11.8 Å². The summed E-state index contributed by atoms with van der Waals surface area (Å²) in [6.45, 7) is 3.50. The first kappa shape index (κ1) is 19.0. The number of aromatic nitrogens is 4. The van der Waals surface area contributed by atoms with Crippen LogP contribution in [0.5, 0.6) is 11.6 Å². The minimum absolute atomic E-state index is 0.145. The highest BCUT2D eigenvalue weighted by molar-refractivity contribution is 5.63. The molecule has 152 valence electrons. The molecule has 3 N–H and O–H groups in total. The van der Waals surface area contributed by atoms with Crippen molar-refractivity contribution >= 4 is 17.5 Å². The van der Waals surface area contributed by atoms with Gasteiger partial charge in [0.1, 0.15) is 17.3 Å². The van der Waals surface area contributed by atoms with Gasteiger partial charge in [0, 0.05) is 44.0 Å². The lowest BCUT2D eigenvalue weighted by atomic mass is 10.1. The van der Waals surface area contributed by atoms with Crippen molar-refractivity contribution in [3.63, 3.8) is 0 Å². The van der Waals surface area contributed by atoms with Gasteiger partial charge in [-0.15, -0.1) is 0 Å².